The van der Waals surface area contributed by atoms with Crippen LogP contribution >= 0.6 is 0 Å². The summed E-state index contributed by atoms with van der Waals surface area (Å²) < 4.78 is 0. The lowest BCUT2D eigenvalue weighted by molar-refractivity contribution is -0.121. The molecule has 2 amide bonds. The number of aryl methyl sites for hydroxylation is 1. The van der Waals surface area contributed by atoms with Gasteiger partial charge in [0.1, 0.15) is 5.69 Å². The Balaban J connectivity index is 1.89. The van der Waals surface area contributed by atoms with Gasteiger partial charge in [-0.3, -0.25) is 19.6 Å². The van der Waals surface area contributed by atoms with Gasteiger partial charge in [0.2, 0.25) is 5.91 Å². The summed E-state index contributed by atoms with van der Waals surface area (Å²) in [6, 6.07) is 5.58. The summed E-state index contributed by atoms with van der Waals surface area (Å²) in [5, 5.41) is 2.85. The summed E-state index contributed by atoms with van der Waals surface area (Å²) in [4.78, 5) is 39.2. The SMILES string of the molecule is CCCCCCN(CCC(=O)NCc1ccccn1)C(=O)c1cnc(C)cn1. The first kappa shape index (κ1) is 21.5. The van der Waals surface area contributed by atoms with Crippen molar-refractivity contribution in [1.29, 1.82) is 0 Å². The van der Waals surface area contributed by atoms with Crippen molar-refractivity contribution < 1.29 is 9.59 Å². The highest BCUT2D eigenvalue weighted by Crippen LogP contribution is 2.07. The number of hydrogen-bond donors (Lipinski definition) is 1. The van der Waals surface area contributed by atoms with Gasteiger partial charge >= 0.3 is 0 Å². The van der Waals surface area contributed by atoms with Gasteiger partial charge in [-0.05, 0) is 25.5 Å². The molecule has 2 aromatic heterocycles. The molecule has 0 radical (unpaired) electrons. The Morgan fingerprint density at radius 2 is 1.89 bits per heavy atom. The Bertz CT molecular complexity index is 734. The molecule has 1 N–H and O–H groups in total. The van der Waals surface area contributed by atoms with Gasteiger partial charge < -0.3 is 10.2 Å². The van der Waals surface area contributed by atoms with E-state index in [9.17, 15) is 9.59 Å². The van der Waals surface area contributed by atoms with E-state index in [0.29, 0.717) is 25.3 Å². The van der Waals surface area contributed by atoms with Crippen LogP contribution in [0.4, 0.5) is 0 Å². The van der Waals surface area contributed by atoms with Gasteiger partial charge in [0.05, 0.1) is 24.1 Å². The number of nitrogens with one attached hydrogen (secondary N) is 1. The number of hydrogen-bond acceptors (Lipinski definition) is 5. The lowest BCUT2D eigenvalue weighted by Gasteiger charge is -2.22. The van der Waals surface area contributed by atoms with E-state index in [1.165, 1.54) is 6.20 Å². The molecule has 7 heteroatoms. The largest absolute Gasteiger partial charge is 0.350 e. The maximum Gasteiger partial charge on any atom is 0.274 e. The smallest absolute Gasteiger partial charge is 0.274 e. The van der Waals surface area contributed by atoms with Crippen LogP contribution in [0, 0.1) is 6.92 Å². The first-order chi connectivity index (χ1) is 13.6. The van der Waals surface area contributed by atoms with E-state index in [1.807, 2.05) is 25.1 Å². The van der Waals surface area contributed by atoms with Gasteiger partial charge in [-0.15, -0.1) is 0 Å². The number of unbranched alkanes of at least 4 members (excludes halogenated alkanes) is 3. The highest BCUT2D eigenvalue weighted by Gasteiger charge is 2.18. The Kier molecular flexibility index (Phi) is 9.04. The Hall–Kier alpha value is -2.83. The zero-order valence-corrected chi connectivity index (χ0v) is 16.7. The number of carbonyl (C=O) groups is 2. The second-order valence-corrected chi connectivity index (χ2v) is 6.74. The Labute approximate surface area is 166 Å². The average molecular weight is 383 g/mol. The first-order valence-corrected chi connectivity index (χ1v) is 9.84. The van der Waals surface area contributed by atoms with Gasteiger partial charge in [-0.1, -0.05) is 32.3 Å². The van der Waals surface area contributed by atoms with Crippen LogP contribution < -0.4 is 5.32 Å². The van der Waals surface area contributed by atoms with Gasteiger partial charge in [0, 0.05) is 31.9 Å². The molecule has 150 valence electrons. The summed E-state index contributed by atoms with van der Waals surface area (Å²) in [6.45, 7) is 5.33. The lowest BCUT2D eigenvalue weighted by atomic mass is 10.2. The molecule has 0 aliphatic rings. The van der Waals surface area contributed by atoms with E-state index in [4.69, 9.17) is 0 Å². The fourth-order valence-corrected chi connectivity index (χ4v) is 2.73. The number of rotatable bonds is 11. The van der Waals surface area contributed by atoms with Crippen molar-refractivity contribution in [2.24, 2.45) is 0 Å². The summed E-state index contributed by atoms with van der Waals surface area (Å²) in [7, 11) is 0. The molecule has 0 spiro atoms. The molecule has 2 heterocycles. The number of carbonyl (C=O) groups excluding carboxylic acids is 2. The number of amides is 2. The van der Waals surface area contributed by atoms with Crippen LogP contribution in [0.5, 0.6) is 0 Å². The van der Waals surface area contributed by atoms with Crippen molar-refractivity contribution >= 4 is 11.8 Å². The molecular weight excluding hydrogens is 354 g/mol. The standard InChI is InChI=1S/C21H29N5O2/c1-3-4-5-8-12-26(21(28)19-16-23-17(2)14-24-19)13-10-20(27)25-15-18-9-6-7-11-22-18/h6-7,9,11,14,16H,3-5,8,10,12-13,15H2,1-2H3,(H,25,27). The maximum absolute atomic E-state index is 12.8. The molecule has 2 rings (SSSR count). The molecule has 0 saturated carbocycles. The second kappa shape index (κ2) is 11.8. The minimum Gasteiger partial charge on any atom is -0.350 e. The van der Waals surface area contributed by atoms with E-state index in [2.05, 4.69) is 27.2 Å². The predicted octanol–water partition coefficient (Wildman–Crippen LogP) is 2.91. The highest BCUT2D eigenvalue weighted by molar-refractivity contribution is 5.92. The van der Waals surface area contributed by atoms with Crippen LogP contribution in [0.15, 0.2) is 36.8 Å². The molecule has 0 aromatic carbocycles. The minimum atomic E-state index is -0.179. The van der Waals surface area contributed by atoms with E-state index >= 15 is 0 Å². The summed E-state index contributed by atoms with van der Waals surface area (Å²) in [5.41, 5.74) is 1.88. The van der Waals surface area contributed by atoms with Crippen LogP contribution in [0.2, 0.25) is 0 Å². The molecule has 0 unspecified atom stereocenters. The van der Waals surface area contributed by atoms with Crippen molar-refractivity contribution in [3.05, 3.63) is 53.9 Å². The van der Waals surface area contributed by atoms with Crippen LogP contribution in [0.3, 0.4) is 0 Å². The summed E-state index contributed by atoms with van der Waals surface area (Å²) in [6.07, 6.45) is 9.26. The molecule has 0 fully saturated rings. The maximum atomic E-state index is 12.8. The Morgan fingerprint density at radius 3 is 2.57 bits per heavy atom. The van der Waals surface area contributed by atoms with Crippen molar-refractivity contribution in [1.82, 2.24) is 25.2 Å². The number of nitrogens with zero attached hydrogens (tertiary/aromatic N) is 4. The normalized spacial score (nSPS) is 10.5. The van der Waals surface area contributed by atoms with Gasteiger partial charge in [-0.2, -0.15) is 0 Å². The molecule has 0 atom stereocenters. The first-order valence-electron chi connectivity index (χ1n) is 9.84. The third-order valence-electron chi connectivity index (χ3n) is 4.37. The third kappa shape index (κ3) is 7.42. The van der Waals surface area contributed by atoms with Crippen molar-refractivity contribution in [3.8, 4) is 0 Å². The van der Waals surface area contributed by atoms with E-state index in [0.717, 1.165) is 37.1 Å². The molecule has 0 aliphatic heterocycles. The van der Waals surface area contributed by atoms with E-state index < -0.39 is 0 Å². The predicted molar refractivity (Wildman–Crippen MR) is 108 cm³/mol. The monoisotopic (exact) mass is 383 g/mol. The quantitative estimate of drug-likeness (QED) is 0.603. The second-order valence-electron chi connectivity index (χ2n) is 6.74. The Morgan fingerprint density at radius 1 is 1.04 bits per heavy atom. The zero-order valence-electron chi connectivity index (χ0n) is 16.7. The summed E-state index contributed by atoms with van der Waals surface area (Å²) >= 11 is 0. The fraction of sp³-hybridized carbons (Fsp3) is 0.476. The van der Waals surface area contributed by atoms with Crippen molar-refractivity contribution in [2.75, 3.05) is 13.1 Å². The van der Waals surface area contributed by atoms with Crippen LogP contribution in [-0.4, -0.2) is 44.8 Å². The third-order valence-corrected chi connectivity index (χ3v) is 4.37. The molecule has 2 aromatic rings. The minimum absolute atomic E-state index is 0.105. The molecule has 7 nitrogen and oxygen atoms in total. The van der Waals surface area contributed by atoms with E-state index in [-0.39, 0.29) is 18.2 Å². The van der Waals surface area contributed by atoms with Gasteiger partial charge in [-0.25, -0.2) is 4.98 Å². The average Bonchev–Trinajstić information content (AvgIpc) is 2.72. The van der Waals surface area contributed by atoms with E-state index in [1.54, 1.807) is 17.3 Å². The molecule has 28 heavy (non-hydrogen) atoms. The van der Waals surface area contributed by atoms with Crippen LogP contribution in [0.25, 0.3) is 0 Å². The van der Waals surface area contributed by atoms with Gasteiger partial charge in [0.25, 0.3) is 5.91 Å². The number of aromatic nitrogens is 3. The fourth-order valence-electron chi connectivity index (χ4n) is 2.73. The molecular formula is C21H29N5O2. The van der Waals surface area contributed by atoms with Crippen molar-refractivity contribution in [3.63, 3.8) is 0 Å². The molecule has 0 bridgehead atoms. The molecule has 0 saturated heterocycles. The van der Waals surface area contributed by atoms with Crippen molar-refractivity contribution in [2.45, 2.75) is 52.5 Å². The topological polar surface area (TPSA) is 88.1 Å². The van der Waals surface area contributed by atoms with Crippen LogP contribution in [0.1, 0.15) is 60.9 Å². The number of pyridine rings is 1. The van der Waals surface area contributed by atoms with Gasteiger partial charge in [0.15, 0.2) is 0 Å². The van der Waals surface area contributed by atoms with Crippen LogP contribution in [-0.2, 0) is 11.3 Å². The molecule has 0 aliphatic carbocycles. The highest BCUT2D eigenvalue weighted by atomic mass is 16.2. The summed E-state index contributed by atoms with van der Waals surface area (Å²) in [5.74, 6) is -0.284. The zero-order chi connectivity index (χ0) is 20.2. The lowest BCUT2D eigenvalue weighted by Crippen LogP contribution is -2.36.